The lowest BCUT2D eigenvalue weighted by molar-refractivity contribution is -0.144. The summed E-state index contributed by atoms with van der Waals surface area (Å²) in [6.07, 6.45) is 1.98. The highest BCUT2D eigenvalue weighted by Crippen LogP contribution is 2.28. The molecule has 1 aromatic carbocycles. The van der Waals surface area contributed by atoms with E-state index in [4.69, 9.17) is 9.47 Å². The number of nitrogens with zero attached hydrogens (tertiary/aromatic N) is 5. The van der Waals surface area contributed by atoms with Crippen molar-refractivity contribution in [3.8, 4) is 5.75 Å². The number of benzene rings is 1. The Balaban J connectivity index is 1.30. The van der Waals surface area contributed by atoms with E-state index in [0.29, 0.717) is 37.9 Å². The predicted octanol–water partition coefficient (Wildman–Crippen LogP) is 1.63. The Morgan fingerprint density at radius 2 is 1.67 bits per heavy atom. The first kappa shape index (κ1) is 35.3. The molecule has 0 radical (unpaired) electrons. The fourth-order valence-corrected chi connectivity index (χ4v) is 6.40. The Hall–Kier alpha value is -5.02. The summed E-state index contributed by atoms with van der Waals surface area (Å²) in [6, 6.07) is 3.16. The first-order valence-electron chi connectivity index (χ1n) is 16.6. The van der Waals surface area contributed by atoms with Gasteiger partial charge in [0.2, 0.25) is 11.8 Å². The number of rotatable bonds is 11. The van der Waals surface area contributed by atoms with Crippen LogP contribution in [-0.4, -0.2) is 136 Å². The van der Waals surface area contributed by atoms with Gasteiger partial charge >= 0.3 is 12.1 Å². The van der Waals surface area contributed by atoms with Crippen molar-refractivity contribution in [2.24, 2.45) is 0 Å². The maximum Gasteiger partial charge on any atom is 0.409 e. The van der Waals surface area contributed by atoms with Crippen LogP contribution in [0.1, 0.15) is 55.9 Å². The second kappa shape index (κ2) is 15.9. The first-order chi connectivity index (χ1) is 23.5. The molecule has 2 aromatic rings. The number of fused-ring (bicyclic) bond motifs is 1. The van der Waals surface area contributed by atoms with E-state index in [2.05, 4.69) is 10.3 Å². The van der Waals surface area contributed by atoms with Gasteiger partial charge in [0, 0.05) is 69.8 Å². The van der Waals surface area contributed by atoms with Crippen molar-refractivity contribution in [3.63, 3.8) is 0 Å². The Bertz CT molecular complexity index is 1590. The van der Waals surface area contributed by atoms with E-state index in [9.17, 15) is 38.3 Å². The highest BCUT2D eigenvalue weighted by Gasteiger charge is 2.37. The molecule has 5 amide bonds. The lowest BCUT2D eigenvalue weighted by Crippen LogP contribution is -2.56. The molecule has 3 aliphatic rings. The molecule has 3 fully saturated rings. The first-order valence-corrected chi connectivity index (χ1v) is 16.6. The van der Waals surface area contributed by atoms with E-state index in [1.54, 1.807) is 11.8 Å². The summed E-state index contributed by atoms with van der Waals surface area (Å²) in [5, 5.41) is 12.2. The normalized spacial score (nSPS) is 18.4. The van der Waals surface area contributed by atoms with Crippen LogP contribution in [0.25, 0.3) is 10.9 Å². The average Bonchev–Trinajstić information content (AvgIpc) is 3.81. The predicted molar refractivity (Wildman–Crippen MR) is 171 cm³/mol. The number of carbonyl (C=O) groups is 6. The molecule has 0 saturated carbocycles. The molecule has 49 heavy (non-hydrogen) atoms. The summed E-state index contributed by atoms with van der Waals surface area (Å²) < 4.78 is 25.2. The molecule has 0 spiro atoms. The summed E-state index contributed by atoms with van der Waals surface area (Å²) in [5.41, 5.74) is -0.189. The SMILES string of the molecule is CCOC(=O)N1CCN(C(=O)[C@H](CCC(=O)O)NC(=O)c2cc(OCC(=O)N3CCC[C@H]3C(=O)N3CCCC3)c3ccc(F)cc3n2)CC1. The summed E-state index contributed by atoms with van der Waals surface area (Å²) in [5.74, 6) is -3.58. The Kier molecular flexibility index (Phi) is 11.5. The lowest BCUT2D eigenvalue weighted by atomic mass is 10.1. The van der Waals surface area contributed by atoms with Crippen molar-refractivity contribution in [1.82, 2.24) is 29.9 Å². The zero-order valence-corrected chi connectivity index (χ0v) is 27.4. The standard InChI is InChI=1S/C33H41FN6O9/c1-2-48-33(47)39-16-14-38(15-17-39)31(45)23(9-10-29(42)43)36-30(44)25-19-27(22-8-7-21(34)18-24(22)35-25)49-20-28(41)40-13-5-6-26(40)32(46)37-11-3-4-12-37/h7-8,18-19,23,26H,2-6,9-17,20H2,1H3,(H,36,44)(H,42,43)/t23-,26-/m0/s1. The number of carboxylic acids is 1. The minimum absolute atomic E-state index is 0.0573. The van der Waals surface area contributed by atoms with E-state index in [-0.39, 0.29) is 62.1 Å². The second-order valence-electron chi connectivity index (χ2n) is 12.2. The fourth-order valence-electron chi connectivity index (χ4n) is 6.40. The topological polar surface area (TPSA) is 179 Å². The Labute approximate surface area is 282 Å². The molecule has 3 aliphatic heterocycles. The molecular weight excluding hydrogens is 643 g/mol. The lowest BCUT2D eigenvalue weighted by Gasteiger charge is -2.35. The highest BCUT2D eigenvalue weighted by atomic mass is 19.1. The van der Waals surface area contributed by atoms with Crippen LogP contribution in [0.2, 0.25) is 0 Å². The molecule has 0 bridgehead atoms. The van der Waals surface area contributed by atoms with Crippen molar-refractivity contribution in [2.45, 2.75) is 57.5 Å². The molecule has 15 nitrogen and oxygen atoms in total. The van der Waals surface area contributed by atoms with Gasteiger partial charge in [0.15, 0.2) is 6.61 Å². The molecule has 5 rings (SSSR count). The second-order valence-corrected chi connectivity index (χ2v) is 12.2. The van der Waals surface area contributed by atoms with Gasteiger partial charge in [-0.25, -0.2) is 14.2 Å². The van der Waals surface area contributed by atoms with Gasteiger partial charge in [-0.2, -0.15) is 0 Å². The van der Waals surface area contributed by atoms with Crippen LogP contribution in [0.15, 0.2) is 24.3 Å². The third-order valence-electron chi connectivity index (χ3n) is 8.96. The van der Waals surface area contributed by atoms with Crippen molar-refractivity contribution in [2.75, 3.05) is 59.0 Å². The van der Waals surface area contributed by atoms with Crippen LogP contribution in [0.3, 0.4) is 0 Å². The van der Waals surface area contributed by atoms with Crippen LogP contribution in [0, 0.1) is 5.82 Å². The van der Waals surface area contributed by atoms with E-state index in [1.165, 1.54) is 32.9 Å². The number of aromatic nitrogens is 1. The van der Waals surface area contributed by atoms with Crippen molar-refractivity contribution < 1.29 is 47.7 Å². The third-order valence-corrected chi connectivity index (χ3v) is 8.96. The molecular formula is C33H41FN6O9. The van der Waals surface area contributed by atoms with Crippen molar-refractivity contribution in [3.05, 3.63) is 35.8 Å². The van der Waals surface area contributed by atoms with Gasteiger partial charge in [-0.3, -0.25) is 24.0 Å². The van der Waals surface area contributed by atoms with Gasteiger partial charge < -0.3 is 39.5 Å². The minimum Gasteiger partial charge on any atom is -0.483 e. The van der Waals surface area contributed by atoms with Gasteiger partial charge in [0.25, 0.3) is 11.8 Å². The van der Waals surface area contributed by atoms with Crippen LogP contribution in [-0.2, 0) is 23.9 Å². The number of ether oxygens (including phenoxy) is 2. The molecule has 0 aliphatic carbocycles. The van der Waals surface area contributed by atoms with Crippen molar-refractivity contribution in [1.29, 1.82) is 0 Å². The molecule has 2 N–H and O–H groups in total. The number of hydrogen-bond acceptors (Lipinski definition) is 9. The smallest absolute Gasteiger partial charge is 0.409 e. The maximum absolute atomic E-state index is 14.3. The summed E-state index contributed by atoms with van der Waals surface area (Å²) in [4.78, 5) is 87.3. The van der Waals surface area contributed by atoms with Gasteiger partial charge in [-0.1, -0.05) is 0 Å². The number of amides is 5. The minimum atomic E-state index is -1.24. The van der Waals surface area contributed by atoms with Crippen LogP contribution >= 0.6 is 0 Å². The summed E-state index contributed by atoms with van der Waals surface area (Å²) >= 11 is 0. The molecule has 1 aromatic heterocycles. The zero-order chi connectivity index (χ0) is 35.1. The van der Waals surface area contributed by atoms with Gasteiger partial charge in [-0.05, 0) is 51.2 Å². The van der Waals surface area contributed by atoms with Gasteiger partial charge in [0.1, 0.15) is 29.3 Å². The third kappa shape index (κ3) is 8.53. The molecule has 2 atom stereocenters. The number of nitrogens with one attached hydrogen (secondary N) is 1. The Morgan fingerprint density at radius 3 is 2.37 bits per heavy atom. The number of likely N-dealkylation sites (tertiary alicyclic amines) is 2. The van der Waals surface area contributed by atoms with Gasteiger partial charge in [-0.15, -0.1) is 0 Å². The van der Waals surface area contributed by atoms with Crippen molar-refractivity contribution >= 4 is 46.6 Å². The van der Waals surface area contributed by atoms with E-state index in [1.807, 2.05) is 0 Å². The molecule has 0 unspecified atom stereocenters. The van der Waals surface area contributed by atoms with E-state index >= 15 is 0 Å². The molecule has 264 valence electrons. The van der Waals surface area contributed by atoms with E-state index < -0.39 is 60.7 Å². The van der Waals surface area contributed by atoms with Crippen LogP contribution in [0.4, 0.5) is 9.18 Å². The highest BCUT2D eigenvalue weighted by molar-refractivity contribution is 5.99. The monoisotopic (exact) mass is 684 g/mol. The quantitative estimate of drug-likeness (QED) is 0.354. The number of carboxylic acid groups (broad SMARTS) is 1. The number of halogens is 1. The van der Waals surface area contributed by atoms with Crippen LogP contribution < -0.4 is 10.1 Å². The summed E-state index contributed by atoms with van der Waals surface area (Å²) in [6.45, 7) is 3.91. The number of carbonyl (C=O) groups excluding carboxylic acids is 5. The Morgan fingerprint density at radius 1 is 0.959 bits per heavy atom. The zero-order valence-electron chi connectivity index (χ0n) is 27.4. The molecule has 16 heteroatoms. The summed E-state index contributed by atoms with van der Waals surface area (Å²) in [7, 11) is 0. The molecule has 3 saturated heterocycles. The maximum atomic E-state index is 14.3. The largest absolute Gasteiger partial charge is 0.483 e. The average molecular weight is 685 g/mol. The van der Waals surface area contributed by atoms with Crippen LogP contribution in [0.5, 0.6) is 5.75 Å². The number of pyridine rings is 1. The fraction of sp³-hybridized carbons (Fsp3) is 0.545. The van der Waals surface area contributed by atoms with Gasteiger partial charge in [0.05, 0.1) is 12.1 Å². The molecule has 4 heterocycles. The number of hydrogen-bond donors (Lipinski definition) is 2. The van der Waals surface area contributed by atoms with E-state index in [0.717, 1.165) is 18.9 Å². The number of aliphatic carboxylic acids is 1. The number of piperazine rings is 1.